The summed E-state index contributed by atoms with van der Waals surface area (Å²) >= 11 is 0. The van der Waals surface area contributed by atoms with Crippen molar-refractivity contribution in [2.45, 2.75) is 0 Å². The van der Waals surface area contributed by atoms with Crippen LogP contribution in [-0.4, -0.2) is 0 Å². The summed E-state index contributed by atoms with van der Waals surface area (Å²) in [7, 11) is 0. The van der Waals surface area contributed by atoms with Gasteiger partial charge in [0.1, 0.15) is 11.3 Å². The van der Waals surface area contributed by atoms with Gasteiger partial charge in [0.15, 0.2) is 0 Å². The molecule has 0 bridgehead atoms. The molecule has 0 aliphatic rings. The first-order valence-electron chi connectivity index (χ1n) is 23.2. The topological polar surface area (TPSA) is 16.4 Å². The number of anilines is 3. The van der Waals surface area contributed by atoms with Gasteiger partial charge in [0.25, 0.3) is 0 Å². The molecule has 0 aliphatic heterocycles. The van der Waals surface area contributed by atoms with Crippen LogP contribution in [-0.2, 0) is 0 Å². The van der Waals surface area contributed by atoms with Crippen LogP contribution in [0, 0.1) is 0 Å². The number of hydrogen-bond acceptors (Lipinski definition) is 2. The van der Waals surface area contributed by atoms with Crippen molar-refractivity contribution in [3.8, 4) is 78.1 Å². The Bertz CT molecular complexity index is 3660. The van der Waals surface area contributed by atoms with Crippen LogP contribution in [0.25, 0.3) is 99.8 Å². The van der Waals surface area contributed by atoms with E-state index < -0.39 is 0 Å². The van der Waals surface area contributed by atoms with Gasteiger partial charge in [0.2, 0.25) is 0 Å². The van der Waals surface area contributed by atoms with Crippen molar-refractivity contribution in [1.29, 1.82) is 0 Å². The molecule has 68 heavy (non-hydrogen) atoms. The molecule has 0 atom stereocenters. The predicted molar refractivity (Wildman–Crippen MR) is 286 cm³/mol. The Kier molecular flexibility index (Phi) is 10.6. The third-order valence-electron chi connectivity index (χ3n) is 13.1. The number of rotatable bonds is 10. The first kappa shape index (κ1) is 40.5. The highest BCUT2D eigenvalue weighted by atomic mass is 16.3. The summed E-state index contributed by atoms with van der Waals surface area (Å²) in [4.78, 5) is 2.36. The van der Waals surface area contributed by atoms with E-state index in [0.717, 1.165) is 67.2 Å². The van der Waals surface area contributed by atoms with E-state index in [1.165, 1.54) is 49.7 Å². The molecular formula is C66H45NO. The minimum atomic E-state index is 0.855. The van der Waals surface area contributed by atoms with Crippen LogP contribution < -0.4 is 4.90 Å². The van der Waals surface area contributed by atoms with Crippen LogP contribution in [0.1, 0.15) is 0 Å². The molecule has 0 aliphatic carbocycles. The number of furan rings is 1. The molecule has 1 aromatic heterocycles. The predicted octanol–water partition coefficient (Wildman–Crippen LogP) is 18.7. The van der Waals surface area contributed by atoms with E-state index in [-0.39, 0.29) is 0 Å². The van der Waals surface area contributed by atoms with Crippen molar-refractivity contribution >= 4 is 38.8 Å². The first-order chi connectivity index (χ1) is 33.7. The van der Waals surface area contributed by atoms with E-state index in [1.54, 1.807) is 0 Å². The normalized spacial score (nSPS) is 11.2. The molecule has 320 valence electrons. The Labute approximate surface area is 397 Å². The summed E-state index contributed by atoms with van der Waals surface area (Å²) in [5, 5.41) is 3.57. The van der Waals surface area contributed by atoms with Crippen molar-refractivity contribution in [1.82, 2.24) is 0 Å². The SMILES string of the molecule is c1ccc(-c2ccc(-c3ccc(N(c4ccc(-c5ccccc5-c5ccccc5-c5ccccc5)cc4)c4ccc(-c5cccc6ccccc56)cc4)cc3)cc2-c2cc3ccccc3o2)cc1. The van der Waals surface area contributed by atoms with Gasteiger partial charge in [-0.1, -0.05) is 218 Å². The van der Waals surface area contributed by atoms with E-state index in [1.807, 2.05) is 12.1 Å². The fourth-order valence-corrected chi connectivity index (χ4v) is 9.78. The summed E-state index contributed by atoms with van der Waals surface area (Å²) in [6, 6.07) is 97.9. The van der Waals surface area contributed by atoms with Gasteiger partial charge < -0.3 is 9.32 Å². The molecule has 11 aromatic carbocycles. The van der Waals surface area contributed by atoms with Crippen molar-refractivity contribution in [3.63, 3.8) is 0 Å². The van der Waals surface area contributed by atoms with Gasteiger partial charge in [-0.3, -0.25) is 0 Å². The monoisotopic (exact) mass is 867 g/mol. The Hall–Kier alpha value is -8.98. The quantitative estimate of drug-likeness (QED) is 0.136. The van der Waals surface area contributed by atoms with Gasteiger partial charge in [-0.05, 0) is 132 Å². The Morgan fingerprint density at radius 1 is 0.235 bits per heavy atom. The average molecular weight is 868 g/mol. The summed E-state index contributed by atoms with van der Waals surface area (Å²) in [5.74, 6) is 0.855. The molecule has 0 N–H and O–H groups in total. The second kappa shape index (κ2) is 17.8. The summed E-state index contributed by atoms with van der Waals surface area (Å²) in [6.45, 7) is 0. The molecule has 0 unspecified atom stereocenters. The molecule has 0 saturated heterocycles. The Morgan fingerprint density at radius 3 is 1.24 bits per heavy atom. The smallest absolute Gasteiger partial charge is 0.136 e. The summed E-state index contributed by atoms with van der Waals surface area (Å²) < 4.78 is 6.50. The lowest BCUT2D eigenvalue weighted by molar-refractivity contribution is 0.632. The molecular weight excluding hydrogens is 823 g/mol. The maximum absolute atomic E-state index is 6.50. The van der Waals surface area contributed by atoms with Gasteiger partial charge in [-0.25, -0.2) is 0 Å². The standard InChI is InChI=1S/C66H45NO/c1-3-16-47(17-4-1)59-24-10-12-26-62(59)63-27-13-11-25-60(63)51-34-41-56(42-35-51)67(55-39-32-50(33-40-55)58-28-15-22-49-20-7-9-23-57(49)58)54-37-30-46(31-38-54)52-36-43-61(48-18-5-2-6-19-48)64(44-52)66-45-53-21-8-14-29-65(53)68-66/h1-45H. The van der Waals surface area contributed by atoms with Crippen molar-refractivity contribution in [2.24, 2.45) is 0 Å². The van der Waals surface area contributed by atoms with Gasteiger partial charge in [0, 0.05) is 28.0 Å². The van der Waals surface area contributed by atoms with E-state index in [2.05, 4.69) is 266 Å². The zero-order valence-corrected chi connectivity index (χ0v) is 37.3. The lowest BCUT2D eigenvalue weighted by Crippen LogP contribution is -2.09. The molecule has 0 spiro atoms. The average Bonchev–Trinajstić information content (AvgIpc) is 3.86. The highest BCUT2D eigenvalue weighted by Crippen LogP contribution is 2.43. The number of para-hydroxylation sites is 1. The van der Waals surface area contributed by atoms with Crippen LogP contribution in [0.5, 0.6) is 0 Å². The van der Waals surface area contributed by atoms with E-state index in [9.17, 15) is 0 Å². The van der Waals surface area contributed by atoms with Crippen LogP contribution in [0.2, 0.25) is 0 Å². The lowest BCUT2D eigenvalue weighted by atomic mass is 9.89. The fraction of sp³-hybridized carbons (Fsp3) is 0. The Morgan fingerprint density at radius 2 is 0.647 bits per heavy atom. The van der Waals surface area contributed by atoms with Crippen LogP contribution in [0.4, 0.5) is 17.1 Å². The van der Waals surface area contributed by atoms with Gasteiger partial charge in [0.05, 0.1) is 0 Å². The van der Waals surface area contributed by atoms with Crippen molar-refractivity contribution < 1.29 is 4.42 Å². The minimum Gasteiger partial charge on any atom is -0.456 e. The van der Waals surface area contributed by atoms with Gasteiger partial charge in [-0.15, -0.1) is 0 Å². The molecule has 0 radical (unpaired) electrons. The summed E-state index contributed by atoms with van der Waals surface area (Å²) in [6.07, 6.45) is 0. The molecule has 0 amide bonds. The van der Waals surface area contributed by atoms with Crippen LogP contribution >= 0.6 is 0 Å². The molecule has 12 aromatic rings. The molecule has 2 nitrogen and oxygen atoms in total. The molecule has 1 heterocycles. The van der Waals surface area contributed by atoms with E-state index >= 15 is 0 Å². The second-order valence-corrected chi connectivity index (χ2v) is 17.2. The number of fused-ring (bicyclic) bond motifs is 2. The Balaban J connectivity index is 0.933. The van der Waals surface area contributed by atoms with E-state index in [4.69, 9.17) is 4.42 Å². The van der Waals surface area contributed by atoms with Crippen molar-refractivity contribution in [2.75, 3.05) is 4.90 Å². The molecule has 12 rings (SSSR count). The zero-order valence-electron chi connectivity index (χ0n) is 37.3. The number of hydrogen-bond donors (Lipinski definition) is 0. The van der Waals surface area contributed by atoms with Crippen molar-refractivity contribution in [3.05, 3.63) is 273 Å². The fourth-order valence-electron chi connectivity index (χ4n) is 9.78. The summed E-state index contributed by atoms with van der Waals surface area (Å²) in [5.41, 5.74) is 19.3. The lowest BCUT2D eigenvalue weighted by Gasteiger charge is -2.26. The molecule has 2 heteroatoms. The maximum atomic E-state index is 6.50. The third kappa shape index (κ3) is 7.74. The number of nitrogens with zero attached hydrogens (tertiary/aromatic N) is 1. The van der Waals surface area contributed by atoms with E-state index in [0.29, 0.717) is 0 Å². The largest absolute Gasteiger partial charge is 0.456 e. The third-order valence-corrected chi connectivity index (χ3v) is 13.1. The second-order valence-electron chi connectivity index (χ2n) is 17.2. The minimum absolute atomic E-state index is 0.855. The first-order valence-corrected chi connectivity index (χ1v) is 23.2. The number of benzene rings is 11. The zero-order chi connectivity index (χ0) is 45.2. The maximum Gasteiger partial charge on any atom is 0.136 e. The van der Waals surface area contributed by atoms with Gasteiger partial charge in [-0.2, -0.15) is 0 Å². The van der Waals surface area contributed by atoms with Crippen LogP contribution in [0.3, 0.4) is 0 Å². The highest BCUT2D eigenvalue weighted by Gasteiger charge is 2.18. The molecule has 0 saturated carbocycles. The van der Waals surface area contributed by atoms with Crippen LogP contribution in [0.15, 0.2) is 277 Å². The van der Waals surface area contributed by atoms with Gasteiger partial charge >= 0.3 is 0 Å². The molecule has 0 fully saturated rings. The highest BCUT2D eigenvalue weighted by molar-refractivity contribution is 5.98.